The van der Waals surface area contributed by atoms with E-state index in [4.69, 9.17) is 0 Å². The number of fused-ring (bicyclic) bond motifs is 1. The summed E-state index contributed by atoms with van der Waals surface area (Å²) in [6, 6.07) is 11.0. The van der Waals surface area contributed by atoms with E-state index in [0.717, 1.165) is 31.6 Å². The highest BCUT2D eigenvalue weighted by molar-refractivity contribution is 5.78. The molecule has 0 unspecified atom stereocenters. The fourth-order valence-electron chi connectivity index (χ4n) is 3.38. The van der Waals surface area contributed by atoms with Gasteiger partial charge in [0.15, 0.2) is 0 Å². The molecule has 2 aromatic rings. The number of hydrogen-bond donors (Lipinski definition) is 1. The number of nitrogens with zero attached hydrogens (tertiary/aromatic N) is 2. The molecule has 4 heteroatoms. The quantitative estimate of drug-likeness (QED) is 0.944. The summed E-state index contributed by atoms with van der Waals surface area (Å²) in [5.41, 5.74) is 2.32. The minimum Gasteiger partial charge on any atom is -0.342 e. The Kier molecular flexibility index (Phi) is 4.91. The molecule has 122 valence electrons. The zero-order valence-electron chi connectivity index (χ0n) is 14.0. The molecule has 2 atom stereocenters. The van der Waals surface area contributed by atoms with E-state index in [1.807, 2.05) is 24.1 Å². The van der Waals surface area contributed by atoms with Crippen molar-refractivity contribution in [3.05, 3.63) is 42.1 Å². The van der Waals surface area contributed by atoms with Crippen molar-refractivity contribution in [2.45, 2.75) is 39.3 Å². The highest BCUT2D eigenvalue weighted by atomic mass is 16.2. The summed E-state index contributed by atoms with van der Waals surface area (Å²) < 4.78 is 0. The standard InChI is InChI=1S/C19H25N3O/c1-3-19(23)22-10-8-17(14(2)13-22)21-12-15-6-7-18-16(11-15)5-4-9-20-18/h4-7,9,11,14,17,21H,3,8,10,12-13H2,1-2H3/t14-,17-/m1/s1. The molecule has 2 heterocycles. The molecule has 0 aliphatic carbocycles. The van der Waals surface area contributed by atoms with Gasteiger partial charge in [-0.1, -0.05) is 26.0 Å². The van der Waals surface area contributed by atoms with Crippen LogP contribution >= 0.6 is 0 Å². The molecule has 4 nitrogen and oxygen atoms in total. The first-order valence-electron chi connectivity index (χ1n) is 8.52. The second-order valence-corrected chi connectivity index (χ2v) is 6.48. The molecule has 1 saturated heterocycles. The molecule has 1 aromatic heterocycles. The van der Waals surface area contributed by atoms with E-state index in [1.165, 1.54) is 10.9 Å². The minimum absolute atomic E-state index is 0.275. The fraction of sp³-hybridized carbons (Fsp3) is 0.474. The van der Waals surface area contributed by atoms with Crippen molar-refractivity contribution in [3.63, 3.8) is 0 Å². The molecule has 0 spiro atoms. The summed E-state index contributed by atoms with van der Waals surface area (Å²) in [5.74, 6) is 0.763. The van der Waals surface area contributed by atoms with Crippen LogP contribution in [0.2, 0.25) is 0 Å². The van der Waals surface area contributed by atoms with Crippen LogP contribution in [0, 0.1) is 5.92 Å². The first-order chi connectivity index (χ1) is 11.2. The molecule has 3 rings (SSSR count). The van der Waals surface area contributed by atoms with Gasteiger partial charge >= 0.3 is 0 Å². The number of carbonyl (C=O) groups is 1. The Hall–Kier alpha value is -1.94. The van der Waals surface area contributed by atoms with Crippen molar-refractivity contribution in [1.29, 1.82) is 0 Å². The Bertz CT molecular complexity index is 685. The van der Waals surface area contributed by atoms with Crippen molar-refractivity contribution < 1.29 is 4.79 Å². The van der Waals surface area contributed by atoms with E-state index in [9.17, 15) is 4.79 Å². The van der Waals surface area contributed by atoms with E-state index in [-0.39, 0.29) is 5.91 Å². The summed E-state index contributed by atoms with van der Waals surface area (Å²) in [6.45, 7) is 6.77. The average Bonchev–Trinajstić information content (AvgIpc) is 2.59. The molecule has 1 N–H and O–H groups in total. The van der Waals surface area contributed by atoms with Crippen molar-refractivity contribution >= 4 is 16.8 Å². The predicted molar refractivity (Wildman–Crippen MR) is 93.0 cm³/mol. The number of likely N-dealkylation sites (tertiary alicyclic amines) is 1. The lowest BCUT2D eigenvalue weighted by molar-refractivity contribution is -0.132. The maximum Gasteiger partial charge on any atom is 0.222 e. The predicted octanol–water partition coefficient (Wildman–Crippen LogP) is 2.97. The van der Waals surface area contributed by atoms with Crippen LogP contribution in [0.25, 0.3) is 10.9 Å². The minimum atomic E-state index is 0.275. The summed E-state index contributed by atoms with van der Waals surface area (Å²) in [7, 11) is 0. The third kappa shape index (κ3) is 3.70. The molecule has 0 saturated carbocycles. The van der Waals surface area contributed by atoms with Crippen molar-refractivity contribution in [2.24, 2.45) is 5.92 Å². The number of amides is 1. The number of hydrogen-bond acceptors (Lipinski definition) is 3. The molecule has 1 aliphatic heterocycles. The molecule has 0 radical (unpaired) electrons. The summed E-state index contributed by atoms with van der Waals surface area (Å²) in [5, 5.41) is 4.85. The highest BCUT2D eigenvalue weighted by Gasteiger charge is 2.27. The van der Waals surface area contributed by atoms with Crippen LogP contribution in [-0.4, -0.2) is 34.9 Å². The van der Waals surface area contributed by atoms with Crippen LogP contribution in [-0.2, 0) is 11.3 Å². The molecular formula is C19H25N3O. The summed E-state index contributed by atoms with van der Waals surface area (Å²) in [6.07, 6.45) is 3.46. The van der Waals surface area contributed by atoms with Gasteiger partial charge in [-0.25, -0.2) is 0 Å². The van der Waals surface area contributed by atoms with Crippen LogP contribution in [0.4, 0.5) is 0 Å². The normalized spacial score (nSPS) is 21.6. The highest BCUT2D eigenvalue weighted by Crippen LogP contribution is 2.19. The van der Waals surface area contributed by atoms with Crippen LogP contribution in [0.5, 0.6) is 0 Å². The van der Waals surface area contributed by atoms with E-state index >= 15 is 0 Å². The van der Waals surface area contributed by atoms with Gasteiger partial charge in [0.25, 0.3) is 0 Å². The lowest BCUT2D eigenvalue weighted by Crippen LogP contribution is -2.49. The lowest BCUT2D eigenvalue weighted by Gasteiger charge is -2.37. The number of benzene rings is 1. The maximum absolute atomic E-state index is 11.8. The van der Waals surface area contributed by atoms with Crippen molar-refractivity contribution in [2.75, 3.05) is 13.1 Å². The molecule has 1 aliphatic rings. The van der Waals surface area contributed by atoms with Crippen LogP contribution in [0.1, 0.15) is 32.3 Å². The van der Waals surface area contributed by atoms with Crippen molar-refractivity contribution in [1.82, 2.24) is 15.2 Å². The van der Waals surface area contributed by atoms with Crippen LogP contribution in [0.15, 0.2) is 36.5 Å². The molecular weight excluding hydrogens is 286 g/mol. The Morgan fingerprint density at radius 2 is 2.26 bits per heavy atom. The number of piperidine rings is 1. The number of nitrogens with one attached hydrogen (secondary N) is 1. The molecule has 1 aromatic carbocycles. The number of aromatic nitrogens is 1. The smallest absolute Gasteiger partial charge is 0.222 e. The van der Waals surface area contributed by atoms with E-state index in [0.29, 0.717) is 18.4 Å². The first-order valence-corrected chi connectivity index (χ1v) is 8.52. The fourth-order valence-corrected chi connectivity index (χ4v) is 3.38. The molecule has 1 amide bonds. The van der Waals surface area contributed by atoms with Crippen molar-refractivity contribution in [3.8, 4) is 0 Å². The molecule has 1 fully saturated rings. The van der Waals surface area contributed by atoms with Crippen LogP contribution in [0.3, 0.4) is 0 Å². The largest absolute Gasteiger partial charge is 0.342 e. The lowest BCUT2D eigenvalue weighted by atomic mass is 9.93. The Morgan fingerprint density at radius 3 is 3.04 bits per heavy atom. The zero-order chi connectivity index (χ0) is 16.2. The van der Waals surface area contributed by atoms with Gasteiger partial charge < -0.3 is 10.2 Å². The van der Waals surface area contributed by atoms with Gasteiger partial charge in [0.05, 0.1) is 5.52 Å². The zero-order valence-corrected chi connectivity index (χ0v) is 14.0. The monoisotopic (exact) mass is 311 g/mol. The Labute approximate surface area is 137 Å². The molecule has 23 heavy (non-hydrogen) atoms. The van der Waals surface area contributed by atoms with Gasteiger partial charge in [-0.15, -0.1) is 0 Å². The van der Waals surface area contributed by atoms with Gasteiger partial charge in [0, 0.05) is 43.7 Å². The second kappa shape index (κ2) is 7.09. The SMILES string of the molecule is CCC(=O)N1CC[C@@H](NCc2ccc3ncccc3c2)[C@H](C)C1. The first kappa shape index (κ1) is 15.9. The number of pyridine rings is 1. The van der Waals surface area contributed by atoms with E-state index in [1.54, 1.807) is 0 Å². The molecule has 0 bridgehead atoms. The third-order valence-electron chi connectivity index (χ3n) is 4.80. The third-order valence-corrected chi connectivity index (χ3v) is 4.80. The topological polar surface area (TPSA) is 45.2 Å². The summed E-state index contributed by atoms with van der Waals surface area (Å²) >= 11 is 0. The van der Waals surface area contributed by atoms with Crippen LogP contribution < -0.4 is 5.32 Å². The van der Waals surface area contributed by atoms with Gasteiger partial charge in [0.2, 0.25) is 5.91 Å². The summed E-state index contributed by atoms with van der Waals surface area (Å²) in [4.78, 5) is 18.2. The Morgan fingerprint density at radius 1 is 1.39 bits per heavy atom. The average molecular weight is 311 g/mol. The number of rotatable bonds is 4. The van der Waals surface area contributed by atoms with Gasteiger partial charge in [-0.2, -0.15) is 0 Å². The van der Waals surface area contributed by atoms with E-state index in [2.05, 4.69) is 41.5 Å². The Balaban J connectivity index is 1.58. The number of carbonyl (C=O) groups excluding carboxylic acids is 1. The second-order valence-electron chi connectivity index (χ2n) is 6.48. The van der Waals surface area contributed by atoms with Gasteiger partial charge in [-0.3, -0.25) is 9.78 Å². The van der Waals surface area contributed by atoms with Gasteiger partial charge in [0.1, 0.15) is 0 Å². The van der Waals surface area contributed by atoms with E-state index < -0.39 is 0 Å². The van der Waals surface area contributed by atoms with Gasteiger partial charge in [-0.05, 0) is 36.1 Å². The maximum atomic E-state index is 11.8.